The molecule has 7 heteroatoms. The van der Waals surface area contributed by atoms with E-state index in [1.54, 1.807) is 23.0 Å². The molecule has 0 spiro atoms. The van der Waals surface area contributed by atoms with E-state index in [4.69, 9.17) is 4.74 Å². The first-order chi connectivity index (χ1) is 13.5. The standard InChI is InChI=1S/C21H23N3O4/c1-3-21-11-16-19(26)23-8-4-5-15(23)20(27)24(16)17(21)10-18(25)22-14-9-12(28-2)6-7-13(14)21/h3,6-7,9,15-17H,1,4-5,8,10-11H2,2H3,(H,22,25)/t15-,16-,17-,21+/m0/s1. The number of anilines is 1. The van der Waals surface area contributed by atoms with Crippen LogP contribution in [0.5, 0.6) is 5.75 Å². The van der Waals surface area contributed by atoms with Gasteiger partial charge in [-0.2, -0.15) is 0 Å². The van der Waals surface area contributed by atoms with Gasteiger partial charge in [-0.25, -0.2) is 0 Å². The molecule has 0 aliphatic carbocycles. The zero-order chi connectivity index (χ0) is 19.6. The van der Waals surface area contributed by atoms with Crippen LogP contribution in [0.3, 0.4) is 0 Å². The molecule has 3 fully saturated rings. The Kier molecular flexibility index (Phi) is 3.60. The topological polar surface area (TPSA) is 79.0 Å². The van der Waals surface area contributed by atoms with E-state index in [2.05, 4.69) is 11.9 Å². The monoisotopic (exact) mass is 381 g/mol. The minimum atomic E-state index is -0.656. The number of hydrogen-bond donors (Lipinski definition) is 1. The van der Waals surface area contributed by atoms with E-state index in [1.807, 2.05) is 18.2 Å². The normalized spacial score (nSPS) is 33.5. The van der Waals surface area contributed by atoms with Gasteiger partial charge in [0, 0.05) is 30.1 Å². The van der Waals surface area contributed by atoms with E-state index in [-0.39, 0.29) is 30.2 Å². The van der Waals surface area contributed by atoms with Crippen molar-refractivity contribution in [1.29, 1.82) is 0 Å². The van der Waals surface area contributed by atoms with Crippen LogP contribution in [0, 0.1) is 0 Å². The van der Waals surface area contributed by atoms with Crippen LogP contribution in [0.1, 0.15) is 31.2 Å². The van der Waals surface area contributed by atoms with Gasteiger partial charge in [-0.05, 0) is 30.9 Å². The van der Waals surface area contributed by atoms with Crippen LogP contribution in [-0.2, 0) is 19.8 Å². The van der Waals surface area contributed by atoms with Gasteiger partial charge < -0.3 is 19.9 Å². The number of methoxy groups -OCH3 is 1. The maximum Gasteiger partial charge on any atom is 0.246 e. The van der Waals surface area contributed by atoms with Crippen molar-refractivity contribution in [3.05, 3.63) is 36.4 Å². The zero-order valence-electron chi connectivity index (χ0n) is 15.8. The molecular weight excluding hydrogens is 358 g/mol. The van der Waals surface area contributed by atoms with E-state index < -0.39 is 17.5 Å². The number of piperazine rings is 1. The molecule has 4 heterocycles. The number of hydrogen-bond acceptors (Lipinski definition) is 4. The predicted molar refractivity (Wildman–Crippen MR) is 102 cm³/mol. The van der Waals surface area contributed by atoms with Gasteiger partial charge >= 0.3 is 0 Å². The Morgan fingerprint density at radius 2 is 2.07 bits per heavy atom. The van der Waals surface area contributed by atoms with Gasteiger partial charge in [0.25, 0.3) is 0 Å². The second-order valence-electron chi connectivity index (χ2n) is 8.08. The average Bonchev–Trinajstić information content (AvgIpc) is 3.28. The number of nitrogens with zero attached hydrogens (tertiary/aromatic N) is 2. The molecule has 28 heavy (non-hydrogen) atoms. The van der Waals surface area contributed by atoms with Crippen molar-refractivity contribution < 1.29 is 19.1 Å². The Hall–Kier alpha value is -2.83. The summed E-state index contributed by atoms with van der Waals surface area (Å²) in [6, 6.07) is 4.22. The lowest BCUT2D eigenvalue weighted by molar-refractivity contribution is -0.159. The van der Waals surface area contributed by atoms with Crippen molar-refractivity contribution in [2.45, 2.75) is 49.2 Å². The summed E-state index contributed by atoms with van der Waals surface area (Å²) in [6.45, 7) is 4.71. The van der Waals surface area contributed by atoms with E-state index in [9.17, 15) is 14.4 Å². The highest BCUT2D eigenvalue weighted by Crippen LogP contribution is 2.52. The minimum Gasteiger partial charge on any atom is -0.497 e. The molecule has 0 aromatic heterocycles. The summed E-state index contributed by atoms with van der Waals surface area (Å²) in [4.78, 5) is 42.7. The molecule has 146 valence electrons. The number of carbonyl (C=O) groups is 3. The van der Waals surface area contributed by atoms with Gasteiger partial charge in [-0.15, -0.1) is 6.58 Å². The first-order valence-corrected chi connectivity index (χ1v) is 9.75. The van der Waals surface area contributed by atoms with Crippen molar-refractivity contribution >= 4 is 23.4 Å². The number of fused-ring (bicyclic) bond motifs is 6. The SMILES string of the molecule is C=C[C@]12C[C@H]3C(=O)N4CCC[C@H]4C(=O)N3[C@H]1CC(=O)Nc1cc(OC)ccc12. The molecule has 1 N–H and O–H groups in total. The van der Waals surface area contributed by atoms with Crippen molar-refractivity contribution in [3.63, 3.8) is 0 Å². The first-order valence-electron chi connectivity index (χ1n) is 9.75. The van der Waals surface area contributed by atoms with Crippen LogP contribution in [0.15, 0.2) is 30.9 Å². The Morgan fingerprint density at radius 1 is 1.25 bits per heavy atom. The quantitative estimate of drug-likeness (QED) is 0.787. The van der Waals surface area contributed by atoms with Crippen LogP contribution in [-0.4, -0.2) is 59.3 Å². The van der Waals surface area contributed by atoms with Crippen molar-refractivity contribution in [2.24, 2.45) is 0 Å². The highest BCUT2D eigenvalue weighted by Gasteiger charge is 2.62. The van der Waals surface area contributed by atoms with Crippen molar-refractivity contribution in [3.8, 4) is 5.75 Å². The smallest absolute Gasteiger partial charge is 0.246 e. The van der Waals surface area contributed by atoms with Crippen LogP contribution < -0.4 is 10.1 Å². The molecular formula is C21H23N3O4. The maximum atomic E-state index is 13.3. The summed E-state index contributed by atoms with van der Waals surface area (Å²) in [5.74, 6) is 0.450. The third-order valence-corrected chi connectivity index (χ3v) is 6.90. The molecule has 0 saturated carbocycles. The molecule has 5 rings (SSSR count). The summed E-state index contributed by atoms with van der Waals surface area (Å²) in [6.07, 6.45) is 3.96. The van der Waals surface area contributed by atoms with E-state index in [0.29, 0.717) is 30.8 Å². The van der Waals surface area contributed by atoms with Gasteiger partial charge in [0.1, 0.15) is 17.8 Å². The van der Waals surface area contributed by atoms with Crippen molar-refractivity contribution in [1.82, 2.24) is 9.80 Å². The number of benzene rings is 1. The summed E-state index contributed by atoms with van der Waals surface area (Å²) < 4.78 is 5.31. The number of amides is 3. The number of ether oxygens (including phenoxy) is 1. The van der Waals surface area contributed by atoms with Gasteiger partial charge in [0.15, 0.2) is 0 Å². The maximum absolute atomic E-state index is 13.3. The van der Waals surface area contributed by atoms with Crippen LogP contribution in [0.2, 0.25) is 0 Å². The molecule has 4 atom stereocenters. The largest absolute Gasteiger partial charge is 0.497 e. The molecule has 3 amide bonds. The summed E-state index contributed by atoms with van der Waals surface area (Å²) in [7, 11) is 1.58. The lowest BCUT2D eigenvalue weighted by atomic mass is 9.72. The van der Waals surface area contributed by atoms with Crippen molar-refractivity contribution in [2.75, 3.05) is 19.0 Å². The van der Waals surface area contributed by atoms with Gasteiger partial charge in [0.05, 0.1) is 13.2 Å². The molecule has 0 bridgehead atoms. The Labute approximate surface area is 163 Å². The number of carbonyl (C=O) groups excluding carboxylic acids is 3. The summed E-state index contributed by atoms with van der Waals surface area (Å²) in [5, 5.41) is 2.95. The molecule has 1 aromatic rings. The predicted octanol–water partition coefficient (Wildman–Crippen LogP) is 1.44. The molecule has 4 aliphatic heterocycles. The molecule has 0 unspecified atom stereocenters. The second-order valence-corrected chi connectivity index (χ2v) is 8.08. The fourth-order valence-corrected chi connectivity index (χ4v) is 5.62. The fourth-order valence-electron chi connectivity index (χ4n) is 5.62. The molecule has 4 aliphatic rings. The summed E-state index contributed by atoms with van der Waals surface area (Å²) >= 11 is 0. The van der Waals surface area contributed by atoms with Crippen LogP contribution in [0.25, 0.3) is 0 Å². The Bertz CT molecular complexity index is 913. The number of rotatable bonds is 2. The van der Waals surface area contributed by atoms with Crippen LogP contribution in [0.4, 0.5) is 5.69 Å². The Morgan fingerprint density at radius 3 is 2.82 bits per heavy atom. The molecule has 3 saturated heterocycles. The molecule has 0 radical (unpaired) electrons. The third kappa shape index (κ3) is 2.07. The highest BCUT2D eigenvalue weighted by atomic mass is 16.5. The summed E-state index contributed by atoms with van der Waals surface area (Å²) in [5.41, 5.74) is 0.887. The molecule has 1 aromatic carbocycles. The van der Waals surface area contributed by atoms with E-state index >= 15 is 0 Å². The minimum absolute atomic E-state index is 0.00636. The van der Waals surface area contributed by atoms with E-state index in [1.165, 1.54) is 0 Å². The zero-order valence-corrected chi connectivity index (χ0v) is 15.8. The van der Waals surface area contributed by atoms with Gasteiger partial charge in [-0.3, -0.25) is 14.4 Å². The van der Waals surface area contributed by atoms with Crippen LogP contribution >= 0.6 is 0 Å². The second kappa shape index (κ2) is 5.83. The van der Waals surface area contributed by atoms with Gasteiger partial charge in [0.2, 0.25) is 17.7 Å². The average molecular weight is 381 g/mol. The number of nitrogens with one attached hydrogen (secondary N) is 1. The third-order valence-electron chi connectivity index (χ3n) is 6.90. The first kappa shape index (κ1) is 17.3. The molecule has 7 nitrogen and oxygen atoms in total. The lowest BCUT2D eigenvalue weighted by Crippen LogP contribution is -2.62. The highest BCUT2D eigenvalue weighted by molar-refractivity contribution is 6.01. The van der Waals surface area contributed by atoms with E-state index in [0.717, 1.165) is 12.0 Å². The Balaban J connectivity index is 1.67. The fraction of sp³-hybridized carbons (Fsp3) is 0.476. The van der Waals surface area contributed by atoms with Gasteiger partial charge in [-0.1, -0.05) is 12.1 Å². The lowest BCUT2D eigenvalue weighted by Gasteiger charge is -2.42.